The van der Waals surface area contributed by atoms with Gasteiger partial charge in [-0.2, -0.15) is 4.98 Å². The van der Waals surface area contributed by atoms with Crippen molar-refractivity contribution < 1.29 is 14.4 Å². The number of aromatic nitrogens is 2. The molecule has 6 heteroatoms. The first kappa shape index (κ1) is 11.6. The van der Waals surface area contributed by atoms with Gasteiger partial charge < -0.3 is 9.63 Å². The maximum Gasteiger partial charge on any atom is 0.320 e. The number of carbonyl (C=O) groups is 1. The molecule has 1 N–H and O–H groups in total. The number of hydrogen-bond donors (Lipinski definition) is 1. The summed E-state index contributed by atoms with van der Waals surface area (Å²) in [6.45, 7) is 3.89. The maximum atomic E-state index is 10.7. The third-order valence-electron chi connectivity index (χ3n) is 2.23. The summed E-state index contributed by atoms with van der Waals surface area (Å²) in [5.41, 5.74) is 0. The molecule has 0 aromatic carbocycles. The Hall–Kier alpha value is -1.43. The van der Waals surface area contributed by atoms with Crippen LogP contribution in [0, 0.1) is 0 Å². The van der Waals surface area contributed by atoms with Gasteiger partial charge in [-0.3, -0.25) is 9.69 Å². The third kappa shape index (κ3) is 3.02. The van der Waals surface area contributed by atoms with Gasteiger partial charge in [0.15, 0.2) is 5.82 Å². The van der Waals surface area contributed by atoms with Crippen LogP contribution in [0.5, 0.6) is 0 Å². The van der Waals surface area contributed by atoms with Crippen LogP contribution in [-0.4, -0.2) is 39.2 Å². The Labute approximate surface area is 87.9 Å². The molecule has 84 valence electrons. The lowest BCUT2D eigenvalue weighted by Crippen LogP contribution is -2.35. The van der Waals surface area contributed by atoms with Crippen molar-refractivity contribution in [3.05, 3.63) is 11.7 Å². The minimum absolute atomic E-state index is 0.348. The second-order valence-electron chi connectivity index (χ2n) is 3.39. The molecule has 0 aliphatic carbocycles. The van der Waals surface area contributed by atoms with Gasteiger partial charge in [-0.1, -0.05) is 12.1 Å². The van der Waals surface area contributed by atoms with Crippen LogP contribution in [-0.2, 0) is 17.8 Å². The highest BCUT2D eigenvalue weighted by Crippen LogP contribution is 2.04. The predicted octanol–water partition coefficient (Wildman–Crippen LogP) is 0.537. The molecule has 1 atom stereocenters. The van der Waals surface area contributed by atoms with Gasteiger partial charge in [0.2, 0.25) is 5.89 Å². The molecular weight excluding hydrogens is 198 g/mol. The van der Waals surface area contributed by atoms with Crippen LogP contribution < -0.4 is 0 Å². The van der Waals surface area contributed by atoms with Gasteiger partial charge in [0.05, 0.1) is 6.54 Å². The molecule has 0 amide bonds. The van der Waals surface area contributed by atoms with E-state index in [9.17, 15) is 4.79 Å². The summed E-state index contributed by atoms with van der Waals surface area (Å²) in [7, 11) is 1.70. The second kappa shape index (κ2) is 4.88. The number of nitrogens with zero attached hydrogens (tertiary/aromatic N) is 3. The molecule has 0 bridgehead atoms. The molecule has 0 saturated heterocycles. The van der Waals surface area contributed by atoms with Crippen LogP contribution in [0.25, 0.3) is 0 Å². The summed E-state index contributed by atoms with van der Waals surface area (Å²) in [4.78, 5) is 16.4. The molecule has 1 unspecified atom stereocenters. The van der Waals surface area contributed by atoms with Gasteiger partial charge >= 0.3 is 5.97 Å². The number of carboxylic acid groups (broad SMARTS) is 1. The first-order chi connectivity index (χ1) is 7.04. The first-order valence-corrected chi connectivity index (χ1v) is 4.79. The fourth-order valence-electron chi connectivity index (χ4n) is 1.04. The van der Waals surface area contributed by atoms with E-state index >= 15 is 0 Å². The zero-order valence-electron chi connectivity index (χ0n) is 9.10. The van der Waals surface area contributed by atoms with Crippen molar-refractivity contribution in [2.24, 2.45) is 0 Å². The molecule has 1 heterocycles. The first-order valence-electron chi connectivity index (χ1n) is 4.79. The zero-order chi connectivity index (χ0) is 11.4. The van der Waals surface area contributed by atoms with Gasteiger partial charge in [-0.15, -0.1) is 0 Å². The Morgan fingerprint density at radius 3 is 2.80 bits per heavy atom. The van der Waals surface area contributed by atoms with E-state index < -0.39 is 12.0 Å². The van der Waals surface area contributed by atoms with E-state index in [1.165, 1.54) is 0 Å². The Balaban J connectivity index is 2.57. The van der Waals surface area contributed by atoms with Crippen LogP contribution >= 0.6 is 0 Å². The Kier molecular flexibility index (Phi) is 3.79. The molecule has 0 aliphatic rings. The molecule has 0 aliphatic heterocycles. The van der Waals surface area contributed by atoms with Gasteiger partial charge in [0.1, 0.15) is 6.04 Å². The van der Waals surface area contributed by atoms with Crippen LogP contribution in [0.4, 0.5) is 0 Å². The quantitative estimate of drug-likeness (QED) is 0.768. The van der Waals surface area contributed by atoms with Crippen molar-refractivity contribution in [2.45, 2.75) is 32.9 Å². The lowest BCUT2D eigenvalue weighted by Gasteiger charge is -2.18. The molecule has 0 saturated carbocycles. The maximum absolute atomic E-state index is 10.7. The van der Waals surface area contributed by atoms with E-state index in [1.807, 2.05) is 6.92 Å². The van der Waals surface area contributed by atoms with Crippen molar-refractivity contribution in [3.8, 4) is 0 Å². The molecule has 0 fully saturated rings. The minimum atomic E-state index is -0.868. The number of hydrogen-bond acceptors (Lipinski definition) is 5. The third-order valence-corrected chi connectivity index (χ3v) is 2.23. The van der Waals surface area contributed by atoms with Crippen LogP contribution in [0.3, 0.4) is 0 Å². The molecule has 15 heavy (non-hydrogen) atoms. The molecule has 1 rings (SSSR count). The van der Waals surface area contributed by atoms with Gasteiger partial charge in [0, 0.05) is 6.42 Å². The lowest BCUT2D eigenvalue weighted by molar-refractivity contribution is -0.142. The molecule has 1 aromatic rings. The number of rotatable bonds is 5. The SMILES string of the molecule is CCc1noc(CN(C)C(C)C(=O)O)n1. The van der Waals surface area contributed by atoms with E-state index in [-0.39, 0.29) is 0 Å². The minimum Gasteiger partial charge on any atom is -0.480 e. The summed E-state index contributed by atoms with van der Waals surface area (Å²) in [6, 6.07) is -0.568. The van der Waals surface area contributed by atoms with Crippen molar-refractivity contribution in [1.29, 1.82) is 0 Å². The van der Waals surface area contributed by atoms with Crippen LogP contribution in [0.1, 0.15) is 25.6 Å². The smallest absolute Gasteiger partial charge is 0.320 e. The van der Waals surface area contributed by atoms with Crippen LogP contribution in [0.15, 0.2) is 4.52 Å². The number of aliphatic carboxylic acids is 1. The van der Waals surface area contributed by atoms with E-state index in [4.69, 9.17) is 9.63 Å². The topological polar surface area (TPSA) is 79.5 Å². The molecule has 0 spiro atoms. The Morgan fingerprint density at radius 2 is 2.33 bits per heavy atom. The Bertz CT molecular complexity index is 337. The molecule has 1 aromatic heterocycles. The normalized spacial score (nSPS) is 13.1. The fourth-order valence-corrected chi connectivity index (χ4v) is 1.04. The average Bonchev–Trinajstić information content (AvgIpc) is 2.64. The highest BCUT2D eigenvalue weighted by molar-refractivity contribution is 5.72. The molecular formula is C9H15N3O3. The summed E-state index contributed by atoms with van der Waals surface area (Å²) < 4.78 is 4.96. The second-order valence-corrected chi connectivity index (χ2v) is 3.39. The molecule has 6 nitrogen and oxygen atoms in total. The highest BCUT2D eigenvalue weighted by Gasteiger charge is 2.18. The number of aryl methyl sites for hydroxylation is 1. The van der Waals surface area contributed by atoms with Gasteiger partial charge in [-0.25, -0.2) is 0 Å². The summed E-state index contributed by atoms with van der Waals surface area (Å²) >= 11 is 0. The van der Waals surface area contributed by atoms with Crippen molar-refractivity contribution >= 4 is 5.97 Å². The summed E-state index contributed by atoms with van der Waals surface area (Å²) in [5.74, 6) is 0.219. The van der Waals surface area contributed by atoms with E-state index in [2.05, 4.69) is 10.1 Å². The monoisotopic (exact) mass is 213 g/mol. The largest absolute Gasteiger partial charge is 0.480 e. The van der Waals surface area contributed by atoms with Gasteiger partial charge in [-0.05, 0) is 14.0 Å². The van der Waals surface area contributed by atoms with E-state index in [0.717, 1.165) is 0 Å². The number of likely N-dealkylation sites (N-methyl/N-ethyl adjacent to an activating group) is 1. The highest BCUT2D eigenvalue weighted by atomic mass is 16.5. The fraction of sp³-hybridized carbons (Fsp3) is 0.667. The standard InChI is InChI=1S/C9H15N3O3/c1-4-7-10-8(15-11-7)5-12(3)6(2)9(13)14/h6H,4-5H2,1-3H3,(H,13,14). The lowest BCUT2D eigenvalue weighted by atomic mass is 10.3. The summed E-state index contributed by atoms with van der Waals surface area (Å²) in [5, 5.41) is 12.5. The van der Waals surface area contributed by atoms with Crippen molar-refractivity contribution in [1.82, 2.24) is 15.0 Å². The van der Waals surface area contributed by atoms with Crippen LogP contribution in [0.2, 0.25) is 0 Å². The average molecular weight is 213 g/mol. The number of carboxylic acids is 1. The zero-order valence-corrected chi connectivity index (χ0v) is 9.10. The van der Waals surface area contributed by atoms with Crippen molar-refractivity contribution in [2.75, 3.05) is 7.05 Å². The van der Waals surface area contributed by atoms with E-state index in [0.29, 0.717) is 24.7 Å². The Morgan fingerprint density at radius 1 is 1.67 bits per heavy atom. The van der Waals surface area contributed by atoms with Gasteiger partial charge in [0.25, 0.3) is 0 Å². The van der Waals surface area contributed by atoms with E-state index in [1.54, 1.807) is 18.9 Å². The predicted molar refractivity (Wildman–Crippen MR) is 52.2 cm³/mol. The van der Waals surface area contributed by atoms with Crippen molar-refractivity contribution in [3.63, 3.8) is 0 Å². The summed E-state index contributed by atoms with van der Waals surface area (Å²) in [6.07, 6.45) is 0.710. The molecule has 0 radical (unpaired) electrons.